The van der Waals surface area contributed by atoms with E-state index in [2.05, 4.69) is 0 Å². The van der Waals surface area contributed by atoms with Gasteiger partial charge in [-0.3, -0.25) is 4.79 Å². The van der Waals surface area contributed by atoms with Gasteiger partial charge >= 0.3 is 0 Å². The number of hydrogen-bond acceptors (Lipinski definition) is 3. The first-order valence-corrected chi connectivity index (χ1v) is 6.53. The van der Waals surface area contributed by atoms with E-state index >= 15 is 0 Å². The van der Waals surface area contributed by atoms with Gasteiger partial charge in [-0.05, 0) is 19.3 Å². The minimum absolute atomic E-state index is 0.0760. The van der Waals surface area contributed by atoms with Gasteiger partial charge < -0.3 is 9.90 Å². The SMILES string of the molecule is CC(=O)C(CC(C)C(Cl)CC(Cl)(Cl)Cl)C(=O)[O-]. The van der Waals surface area contributed by atoms with Crippen molar-refractivity contribution in [2.24, 2.45) is 11.8 Å². The second kappa shape index (κ2) is 7.03. The number of hydrogen-bond donors (Lipinski definition) is 0. The number of carbonyl (C=O) groups excluding carboxylic acids is 2. The molecule has 0 aromatic carbocycles. The van der Waals surface area contributed by atoms with E-state index in [1.807, 2.05) is 0 Å². The van der Waals surface area contributed by atoms with Crippen LogP contribution in [-0.2, 0) is 9.59 Å². The highest BCUT2D eigenvalue weighted by Crippen LogP contribution is 2.36. The molecule has 0 aliphatic carbocycles. The summed E-state index contributed by atoms with van der Waals surface area (Å²) in [5.74, 6) is -3.31. The van der Waals surface area contributed by atoms with Crippen molar-refractivity contribution in [1.82, 2.24) is 0 Å². The van der Waals surface area contributed by atoms with Crippen molar-refractivity contribution in [3.8, 4) is 0 Å². The number of carboxylic acids is 1. The zero-order chi connectivity index (χ0) is 13.8. The maximum Gasteiger partial charge on any atom is 0.192 e. The van der Waals surface area contributed by atoms with Gasteiger partial charge in [0.05, 0.1) is 11.9 Å². The Morgan fingerprint density at radius 2 is 1.76 bits per heavy atom. The number of carbonyl (C=O) groups is 2. The molecule has 0 radical (unpaired) electrons. The Bertz CT molecular complexity index is 274. The lowest BCUT2D eigenvalue weighted by Gasteiger charge is -2.25. The fourth-order valence-corrected chi connectivity index (χ4v) is 2.44. The lowest BCUT2D eigenvalue weighted by Crippen LogP contribution is -2.37. The third kappa shape index (κ3) is 7.35. The first-order valence-electron chi connectivity index (χ1n) is 4.96. The molecule has 100 valence electrons. The summed E-state index contributed by atoms with van der Waals surface area (Å²) in [5.41, 5.74) is 0. The van der Waals surface area contributed by atoms with Crippen molar-refractivity contribution in [1.29, 1.82) is 0 Å². The molecule has 0 saturated heterocycles. The molecule has 17 heavy (non-hydrogen) atoms. The number of halogens is 4. The van der Waals surface area contributed by atoms with Crippen LogP contribution >= 0.6 is 46.4 Å². The number of rotatable bonds is 6. The molecule has 7 heteroatoms. The summed E-state index contributed by atoms with van der Waals surface area (Å²) in [4.78, 5) is 21.8. The normalized spacial score (nSPS) is 17.3. The molecule has 0 rings (SSSR count). The summed E-state index contributed by atoms with van der Waals surface area (Å²) in [6.45, 7) is 2.90. The molecule has 0 N–H and O–H groups in total. The van der Waals surface area contributed by atoms with E-state index in [4.69, 9.17) is 46.4 Å². The fourth-order valence-electron chi connectivity index (χ4n) is 1.37. The zero-order valence-corrected chi connectivity index (χ0v) is 12.4. The first kappa shape index (κ1) is 17.3. The topological polar surface area (TPSA) is 57.2 Å². The third-order valence-electron chi connectivity index (χ3n) is 2.43. The number of ketones is 1. The largest absolute Gasteiger partial charge is 0.549 e. The average molecular weight is 323 g/mol. The van der Waals surface area contributed by atoms with E-state index in [9.17, 15) is 14.7 Å². The summed E-state index contributed by atoms with van der Waals surface area (Å²) in [6, 6.07) is 0. The second-order valence-corrected chi connectivity index (χ2v) is 7.11. The maximum absolute atomic E-state index is 11.1. The molecule has 0 aliphatic rings. The van der Waals surface area contributed by atoms with Crippen molar-refractivity contribution < 1.29 is 14.7 Å². The van der Waals surface area contributed by atoms with Gasteiger partial charge in [0.15, 0.2) is 3.79 Å². The maximum atomic E-state index is 11.1. The van der Waals surface area contributed by atoms with Crippen LogP contribution in [0.15, 0.2) is 0 Å². The monoisotopic (exact) mass is 321 g/mol. The highest BCUT2D eigenvalue weighted by Gasteiger charge is 2.30. The van der Waals surface area contributed by atoms with Crippen molar-refractivity contribution in [3.63, 3.8) is 0 Å². The van der Waals surface area contributed by atoms with Gasteiger partial charge in [-0.15, -0.1) is 11.6 Å². The van der Waals surface area contributed by atoms with E-state index in [1.165, 1.54) is 6.92 Å². The molecule has 0 spiro atoms. The van der Waals surface area contributed by atoms with Crippen molar-refractivity contribution in [2.75, 3.05) is 0 Å². The Balaban J connectivity index is 4.46. The van der Waals surface area contributed by atoms with Crippen molar-refractivity contribution in [2.45, 2.75) is 35.9 Å². The van der Waals surface area contributed by atoms with Gasteiger partial charge in [0.25, 0.3) is 0 Å². The van der Waals surface area contributed by atoms with Gasteiger partial charge in [0.1, 0.15) is 5.78 Å². The Hall–Kier alpha value is 0.300. The molecule has 0 bridgehead atoms. The van der Waals surface area contributed by atoms with Crippen LogP contribution in [-0.4, -0.2) is 20.9 Å². The molecule has 0 aromatic heterocycles. The zero-order valence-electron chi connectivity index (χ0n) is 9.38. The third-order valence-corrected chi connectivity index (χ3v) is 3.47. The van der Waals surface area contributed by atoms with Crippen molar-refractivity contribution in [3.05, 3.63) is 0 Å². The quantitative estimate of drug-likeness (QED) is 0.557. The van der Waals surface area contributed by atoms with Gasteiger partial charge in [0, 0.05) is 11.8 Å². The smallest absolute Gasteiger partial charge is 0.192 e. The van der Waals surface area contributed by atoms with Crippen LogP contribution in [0.4, 0.5) is 0 Å². The van der Waals surface area contributed by atoms with E-state index in [1.54, 1.807) is 6.92 Å². The lowest BCUT2D eigenvalue weighted by atomic mass is 9.90. The Kier molecular flexibility index (Phi) is 7.15. The number of Topliss-reactive ketones (excluding diaryl/α,β-unsaturated/α-hetero) is 1. The summed E-state index contributed by atoms with van der Waals surface area (Å²) >= 11 is 22.7. The number of aliphatic carboxylic acids is 1. The molecule has 3 unspecified atom stereocenters. The van der Waals surface area contributed by atoms with Crippen LogP contribution in [0.25, 0.3) is 0 Å². The van der Waals surface area contributed by atoms with Gasteiger partial charge in [-0.1, -0.05) is 41.7 Å². The Morgan fingerprint density at radius 1 is 1.29 bits per heavy atom. The van der Waals surface area contributed by atoms with E-state index in [0.717, 1.165) is 0 Å². The van der Waals surface area contributed by atoms with Gasteiger partial charge in [-0.25, -0.2) is 0 Å². The van der Waals surface area contributed by atoms with Gasteiger partial charge in [0.2, 0.25) is 0 Å². The predicted octanol–water partition coefficient (Wildman–Crippen LogP) is 2.34. The van der Waals surface area contributed by atoms with Gasteiger partial charge in [-0.2, -0.15) is 0 Å². The molecule has 3 nitrogen and oxygen atoms in total. The molecule has 0 amide bonds. The van der Waals surface area contributed by atoms with E-state index < -0.39 is 26.8 Å². The molecule has 0 saturated carbocycles. The highest BCUT2D eigenvalue weighted by atomic mass is 35.6. The first-order chi connectivity index (χ1) is 7.54. The van der Waals surface area contributed by atoms with E-state index in [0.29, 0.717) is 0 Å². The molecular weight excluding hydrogens is 310 g/mol. The summed E-state index contributed by atoms with van der Waals surface area (Å²) in [6.07, 6.45) is 0.157. The summed E-state index contributed by atoms with van der Waals surface area (Å²) in [7, 11) is 0. The number of alkyl halides is 4. The minimum Gasteiger partial charge on any atom is -0.549 e. The van der Waals surface area contributed by atoms with Crippen LogP contribution in [0.5, 0.6) is 0 Å². The Labute approximate surface area is 120 Å². The fraction of sp³-hybridized carbons (Fsp3) is 0.800. The highest BCUT2D eigenvalue weighted by molar-refractivity contribution is 6.67. The lowest BCUT2D eigenvalue weighted by molar-refractivity contribution is -0.310. The van der Waals surface area contributed by atoms with Crippen LogP contribution < -0.4 is 5.11 Å². The molecular formula is C10H13Cl4O3-. The molecule has 3 atom stereocenters. The summed E-state index contributed by atoms with van der Waals surface area (Å²) < 4.78 is -1.49. The molecule has 0 heterocycles. The van der Waals surface area contributed by atoms with E-state index in [-0.39, 0.29) is 18.8 Å². The minimum atomic E-state index is -1.49. The average Bonchev–Trinajstić information content (AvgIpc) is 2.09. The van der Waals surface area contributed by atoms with Crippen molar-refractivity contribution >= 4 is 58.2 Å². The number of carboxylic acid groups (broad SMARTS) is 1. The van der Waals surface area contributed by atoms with Crippen LogP contribution in [0.2, 0.25) is 0 Å². The molecule has 0 aromatic rings. The van der Waals surface area contributed by atoms with Crippen LogP contribution in [0, 0.1) is 11.8 Å². The Morgan fingerprint density at radius 3 is 2.06 bits per heavy atom. The van der Waals surface area contributed by atoms with Crippen LogP contribution in [0.3, 0.4) is 0 Å². The second-order valence-electron chi connectivity index (χ2n) is 4.03. The van der Waals surface area contributed by atoms with Crippen LogP contribution in [0.1, 0.15) is 26.7 Å². The molecule has 0 aliphatic heterocycles. The molecule has 0 fully saturated rings. The standard InChI is InChI=1S/C10H14Cl4O3/c1-5(8(11)4-10(12,13)14)3-7(6(2)15)9(16)17/h5,7-8H,3-4H2,1-2H3,(H,16,17)/p-1. The summed E-state index contributed by atoms with van der Waals surface area (Å²) in [5, 5.41) is 10.2. The predicted molar refractivity (Wildman–Crippen MR) is 67.5 cm³/mol.